The molecule has 1 aromatic heterocycles. The first-order valence-electron chi connectivity index (χ1n) is 8.65. The summed E-state index contributed by atoms with van der Waals surface area (Å²) in [7, 11) is 0. The van der Waals surface area contributed by atoms with Crippen LogP contribution >= 0.6 is 0 Å². The molecule has 0 radical (unpaired) electrons. The minimum absolute atomic E-state index is 0.219. The number of nitrogens with one attached hydrogen (secondary N) is 2. The quantitative estimate of drug-likeness (QED) is 0.808. The maximum Gasteiger partial charge on any atom is 0.274 e. The van der Waals surface area contributed by atoms with Crippen LogP contribution in [-0.4, -0.2) is 23.3 Å². The van der Waals surface area contributed by atoms with Crippen molar-refractivity contribution in [2.75, 3.05) is 11.9 Å². The molecule has 0 fully saturated rings. The summed E-state index contributed by atoms with van der Waals surface area (Å²) in [5.74, 6) is -0.0758. The Kier molecular flexibility index (Phi) is 6.69. The normalized spacial score (nSPS) is 10.6. The Morgan fingerprint density at radius 2 is 1.64 bits per heavy atom. The van der Waals surface area contributed by atoms with Crippen molar-refractivity contribution in [1.29, 1.82) is 0 Å². The van der Waals surface area contributed by atoms with Crippen molar-refractivity contribution < 1.29 is 9.59 Å². The topological polar surface area (TPSA) is 71.1 Å². The summed E-state index contributed by atoms with van der Waals surface area (Å²) >= 11 is 0. The standard InChI is InChI=1S/C20H25N3O2/c1-4-15-8-10-16(11-9-15)22-20(25)18-7-5-6-17(23-18)19(24)21-13-12-14(2)3/h5-11,14H,4,12-13H2,1-3H3,(H,21,24)(H,22,25). The highest BCUT2D eigenvalue weighted by Crippen LogP contribution is 2.11. The average Bonchev–Trinajstić information content (AvgIpc) is 2.62. The van der Waals surface area contributed by atoms with E-state index in [-0.39, 0.29) is 23.2 Å². The Bertz CT molecular complexity index is 724. The van der Waals surface area contributed by atoms with Crippen molar-refractivity contribution in [3.05, 3.63) is 59.4 Å². The van der Waals surface area contributed by atoms with Gasteiger partial charge in [0, 0.05) is 12.2 Å². The van der Waals surface area contributed by atoms with Crippen molar-refractivity contribution in [1.82, 2.24) is 10.3 Å². The summed E-state index contributed by atoms with van der Waals surface area (Å²) in [6.45, 7) is 6.87. The van der Waals surface area contributed by atoms with Gasteiger partial charge in [0.15, 0.2) is 0 Å². The molecule has 0 saturated heterocycles. The number of hydrogen-bond donors (Lipinski definition) is 2. The number of carbonyl (C=O) groups excluding carboxylic acids is 2. The molecule has 25 heavy (non-hydrogen) atoms. The molecule has 5 heteroatoms. The van der Waals surface area contributed by atoms with Gasteiger partial charge >= 0.3 is 0 Å². The number of amides is 2. The molecular weight excluding hydrogens is 314 g/mol. The summed E-state index contributed by atoms with van der Waals surface area (Å²) in [5.41, 5.74) is 2.38. The van der Waals surface area contributed by atoms with Crippen LogP contribution in [0.2, 0.25) is 0 Å². The van der Waals surface area contributed by atoms with Crippen LogP contribution in [0, 0.1) is 5.92 Å². The van der Waals surface area contributed by atoms with E-state index in [1.54, 1.807) is 18.2 Å². The molecule has 0 aliphatic heterocycles. The van der Waals surface area contributed by atoms with Crippen LogP contribution in [0.15, 0.2) is 42.5 Å². The summed E-state index contributed by atoms with van der Waals surface area (Å²) in [5, 5.41) is 5.63. The zero-order valence-corrected chi connectivity index (χ0v) is 15.0. The van der Waals surface area contributed by atoms with E-state index in [0.29, 0.717) is 18.2 Å². The molecule has 2 N–H and O–H groups in total. The number of aryl methyl sites for hydroxylation is 1. The molecule has 0 aliphatic carbocycles. The highest BCUT2D eigenvalue weighted by molar-refractivity contribution is 6.03. The number of benzene rings is 1. The van der Waals surface area contributed by atoms with E-state index in [9.17, 15) is 9.59 Å². The van der Waals surface area contributed by atoms with Gasteiger partial charge < -0.3 is 10.6 Å². The van der Waals surface area contributed by atoms with E-state index in [1.165, 1.54) is 5.56 Å². The molecule has 1 heterocycles. The van der Waals surface area contributed by atoms with Crippen molar-refractivity contribution in [3.8, 4) is 0 Å². The van der Waals surface area contributed by atoms with Crippen molar-refractivity contribution >= 4 is 17.5 Å². The summed E-state index contributed by atoms with van der Waals surface area (Å²) in [6, 6.07) is 12.5. The lowest BCUT2D eigenvalue weighted by molar-refractivity contribution is 0.0947. The number of hydrogen-bond acceptors (Lipinski definition) is 3. The molecule has 0 aliphatic rings. The summed E-state index contributed by atoms with van der Waals surface area (Å²) in [6.07, 6.45) is 1.85. The molecule has 132 valence electrons. The van der Waals surface area contributed by atoms with Crippen molar-refractivity contribution in [2.24, 2.45) is 5.92 Å². The first kappa shape index (κ1) is 18.6. The van der Waals surface area contributed by atoms with E-state index in [4.69, 9.17) is 0 Å². The van der Waals surface area contributed by atoms with Gasteiger partial charge in [-0.15, -0.1) is 0 Å². The van der Waals surface area contributed by atoms with Crippen molar-refractivity contribution in [3.63, 3.8) is 0 Å². The highest BCUT2D eigenvalue weighted by Gasteiger charge is 2.12. The Labute approximate surface area is 148 Å². The third-order valence-corrected chi connectivity index (χ3v) is 3.84. The zero-order valence-electron chi connectivity index (χ0n) is 15.0. The molecule has 0 atom stereocenters. The Morgan fingerprint density at radius 1 is 1.00 bits per heavy atom. The molecule has 2 rings (SSSR count). The molecule has 0 unspecified atom stereocenters. The van der Waals surface area contributed by atoms with E-state index in [2.05, 4.69) is 36.4 Å². The molecule has 1 aromatic carbocycles. The van der Waals surface area contributed by atoms with Gasteiger partial charge in [-0.3, -0.25) is 9.59 Å². The Balaban J connectivity index is 2.01. The first-order valence-corrected chi connectivity index (χ1v) is 8.65. The third-order valence-electron chi connectivity index (χ3n) is 3.84. The smallest absolute Gasteiger partial charge is 0.274 e. The van der Waals surface area contributed by atoms with Gasteiger partial charge in [0.05, 0.1) is 0 Å². The molecule has 0 bridgehead atoms. The number of pyridine rings is 1. The summed E-state index contributed by atoms with van der Waals surface area (Å²) in [4.78, 5) is 28.6. The van der Waals surface area contributed by atoms with Crippen LogP contribution in [0.5, 0.6) is 0 Å². The lowest BCUT2D eigenvalue weighted by Gasteiger charge is -2.08. The second kappa shape index (κ2) is 8.97. The predicted octanol–water partition coefficient (Wildman–Crippen LogP) is 3.67. The first-order chi connectivity index (χ1) is 12.0. The number of aromatic nitrogens is 1. The fourth-order valence-electron chi connectivity index (χ4n) is 2.27. The number of rotatable bonds is 7. The van der Waals surface area contributed by atoms with Gasteiger partial charge in [-0.1, -0.05) is 39.0 Å². The van der Waals surface area contributed by atoms with Gasteiger partial charge in [0.1, 0.15) is 11.4 Å². The minimum Gasteiger partial charge on any atom is -0.351 e. The Hall–Kier alpha value is -2.69. The minimum atomic E-state index is -0.332. The van der Waals surface area contributed by atoms with Gasteiger partial charge in [-0.25, -0.2) is 4.98 Å². The molecular formula is C20H25N3O2. The number of anilines is 1. The maximum absolute atomic E-state index is 12.3. The van der Waals surface area contributed by atoms with Crippen molar-refractivity contribution in [2.45, 2.75) is 33.6 Å². The second-order valence-corrected chi connectivity index (χ2v) is 6.35. The number of nitrogens with zero attached hydrogens (tertiary/aromatic N) is 1. The number of carbonyl (C=O) groups is 2. The molecule has 5 nitrogen and oxygen atoms in total. The predicted molar refractivity (Wildman–Crippen MR) is 99.8 cm³/mol. The fourth-order valence-corrected chi connectivity index (χ4v) is 2.27. The average molecular weight is 339 g/mol. The van der Waals surface area contributed by atoms with Gasteiger partial charge in [0.2, 0.25) is 0 Å². The van der Waals surface area contributed by atoms with E-state index < -0.39 is 0 Å². The van der Waals surface area contributed by atoms with Gasteiger partial charge in [0.25, 0.3) is 11.8 Å². The fraction of sp³-hybridized carbons (Fsp3) is 0.350. The lowest BCUT2D eigenvalue weighted by Crippen LogP contribution is -2.27. The van der Waals surface area contributed by atoms with Crippen LogP contribution in [0.4, 0.5) is 5.69 Å². The maximum atomic E-state index is 12.3. The van der Waals surface area contributed by atoms with E-state index in [0.717, 1.165) is 12.8 Å². The van der Waals surface area contributed by atoms with Gasteiger partial charge in [-0.2, -0.15) is 0 Å². The van der Waals surface area contributed by atoms with E-state index in [1.807, 2.05) is 24.3 Å². The third kappa shape index (κ3) is 5.71. The molecule has 0 spiro atoms. The van der Waals surface area contributed by atoms with E-state index >= 15 is 0 Å². The monoisotopic (exact) mass is 339 g/mol. The molecule has 2 amide bonds. The highest BCUT2D eigenvalue weighted by atomic mass is 16.2. The largest absolute Gasteiger partial charge is 0.351 e. The SMILES string of the molecule is CCc1ccc(NC(=O)c2cccc(C(=O)NCCC(C)C)n2)cc1. The Morgan fingerprint density at radius 3 is 2.24 bits per heavy atom. The summed E-state index contributed by atoms with van der Waals surface area (Å²) < 4.78 is 0. The molecule has 2 aromatic rings. The van der Waals surface area contributed by atoms with Crippen LogP contribution in [-0.2, 0) is 6.42 Å². The second-order valence-electron chi connectivity index (χ2n) is 6.35. The van der Waals surface area contributed by atoms with Crippen LogP contribution in [0.25, 0.3) is 0 Å². The lowest BCUT2D eigenvalue weighted by atomic mass is 10.1. The molecule has 0 saturated carbocycles. The van der Waals surface area contributed by atoms with Crippen LogP contribution < -0.4 is 10.6 Å². The zero-order chi connectivity index (χ0) is 18.2. The van der Waals surface area contributed by atoms with Gasteiger partial charge in [-0.05, 0) is 48.6 Å². The van der Waals surface area contributed by atoms with Crippen LogP contribution in [0.3, 0.4) is 0 Å². The van der Waals surface area contributed by atoms with Crippen LogP contribution in [0.1, 0.15) is 53.7 Å².